The Balaban J connectivity index is 2.34. The molecule has 0 amide bonds. The fourth-order valence-corrected chi connectivity index (χ4v) is 1.57. The average molecular weight is 214 g/mol. The van der Waals surface area contributed by atoms with Gasteiger partial charge in [0, 0.05) is 11.0 Å². The number of carbonyl (C=O) groups excluding carboxylic acids is 1. The van der Waals surface area contributed by atoms with E-state index in [-0.39, 0.29) is 0 Å². The van der Waals surface area contributed by atoms with Gasteiger partial charge in [-0.2, -0.15) is 0 Å². The summed E-state index contributed by atoms with van der Waals surface area (Å²) < 4.78 is 5.30. The third-order valence-corrected chi connectivity index (χ3v) is 2.73. The van der Waals surface area contributed by atoms with Gasteiger partial charge in [-0.05, 0) is 31.5 Å². The molecule has 0 fully saturated rings. The number of hydrogen-bond donors (Lipinski definition) is 0. The zero-order valence-corrected chi connectivity index (χ0v) is 9.44. The Morgan fingerprint density at radius 3 is 2.31 bits per heavy atom. The van der Waals surface area contributed by atoms with E-state index >= 15 is 0 Å². The second-order valence-corrected chi connectivity index (χ2v) is 4.39. The summed E-state index contributed by atoms with van der Waals surface area (Å²) in [4.78, 5) is 10.9. The van der Waals surface area contributed by atoms with Crippen molar-refractivity contribution >= 4 is 6.29 Å². The lowest BCUT2D eigenvalue weighted by Crippen LogP contribution is -2.18. The molecule has 2 nitrogen and oxygen atoms in total. The molecule has 0 N–H and O–H groups in total. The standard InChI is InChI=1S/C14H14O2/c1-14(2,10-15)12-7-5-11(6-8-12)13-4-3-9-16-13/h3-10H,1-2H3. The van der Waals surface area contributed by atoms with Crippen LogP contribution in [-0.2, 0) is 10.2 Å². The second kappa shape index (κ2) is 3.97. The summed E-state index contributed by atoms with van der Waals surface area (Å²) in [7, 11) is 0. The average Bonchev–Trinajstić information content (AvgIpc) is 2.83. The molecule has 16 heavy (non-hydrogen) atoms. The van der Waals surface area contributed by atoms with E-state index in [0.717, 1.165) is 23.2 Å². The Hall–Kier alpha value is -1.83. The fourth-order valence-electron chi connectivity index (χ4n) is 1.57. The van der Waals surface area contributed by atoms with Crippen LogP contribution in [0.25, 0.3) is 11.3 Å². The lowest BCUT2D eigenvalue weighted by Gasteiger charge is -2.17. The SMILES string of the molecule is CC(C)(C=O)c1ccc(-c2ccco2)cc1. The maximum Gasteiger partial charge on any atom is 0.133 e. The van der Waals surface area contributed by atoms with Gasteiger partial charge >= 0.3 is 0 Å². The Kier molecular flexibility index (Phi) is 2.65. The summed E-state index contributed by atoms with van der Waals surface area (Å²) in [6, 6.07) is 11.6. The fraction of sp³-hybridized carbons (Fsp3) is 0.214. The van der Waals surface area contributed by atoms with Gasteiger partial charge in [-0.3, -0.25) is 0 Å². The smallest absolute Gasteiger partial charge is 0.133 e. The number of carbonyl (C=O) groups is 1. The van der Waals surface area contributed by atoms with Crippen molar-refractivity contribution in [3.63, 3.8) is 0 Å². The molecule has 1 heterocycles. The molecule has 1 aromatic carbocycles. The molecule has 0 saturated carbocycles. The predicted octanol–water partition coefficient (Wildman–Crippen LogP) is 3.42. The van der Waals surface area contributed by atoms with Crippen molar-refractivity contribution in [3.8, 4) is 11.3 Å². The van der Waals surface area contributed by atoms with Crippen molar-refractivity contribution in [1.29, 1.82) is 0 Å². The van der Waals surface area contributed by atoms with E-state index in [0.29, 0.717) is 0 Å². The van der Waals surface area contributed by atoms with Crippen molar-refractivity contribution in [2.75, 3.05) is 0 Å². The van der Waals surface area contributed by atoms with Crippen LogP contribution < -0.4 is 0 Å². The van der Waals surface area contributed by atoms with Gasteiger partial charge in [-0.25, -0.2) is 0 Å². The van der Waals surface area contributed by atoms with Gasteiger partial charge in [0.05, 0.1) is 6.26 Å². The first-order chi connectivity index (χ1) is 7.63. The number of rotatable bonds is 3. The van der Waals surface area contributed by atoms with Crippen molar-refractivity contribution in [2.45, 2.75) is 19.3 Å². The minimum atomic E-state index is -0.429. The Labute approximate surface area is 94.9 Å². The molecule has 0 saturated heterocycles. The lowest BCUT2D eigenvalue weighted by molar-refractivity contribution is -0.111. The third kappa shape index (κ3) is 1.91. The van der Waals surface area contributed by atoms with E-state index in [2.05, 4.69) is 0 Å². The van der Waals surface area contributed by atoms with Crippen molar-refractivity contribution in [3.05, 3.63) is 48.2 Å². The molecule has 0 aliphatic rings. The van der Waals surface area contributed by atoms with E-state index in [1.807, 2.05) is 50.2 Å². The highest BCUT2D eigenvalue weighted by atomic mass is 16.3. The Bertz CT molecular complexity index is 464. The topological polar surface area (TPSA) is 30.2 Å². The van der Waals surface area contributed by atoms with Crippen LogP contribution in [-0.4, -0.2) is 6.29 Å². The number of aldehydes is 1. The molecule has 0 atom stereocenters. The first-order valence-corrected chi connectivity index (χ1v) is 5.24. The number of hydrogen-bond acceptors (Lipinski definition) is 2. The maximum atomic E-state index is 10.9. The summed E-state index contributed by atoms with van der Waals surface area (Å²) in [6.07, 6.45) is 2.62. The van der Waals surface area contributed by atoms with E-state index < -0.39 is 5.41 Å². The molecular formula is C14H14O2. The van der Waals surface area contributed by atoms with Gasteiger partial charge in [0.15, 0.2) is 0 Å². The van der Waals surface area contributed by atoms with Gasteiger partial charge in [-0.15, -0.1) is 0 Å². The quantitative estimate of drug-likeness (QED) is 0.733. The summed E-state index contributed by atoms with van der Waals surface area (Å²) in [6.45, 7) is 3.81. The van der Waals surface area contributed by atoms with Crippen LogP contribution in [0.5, 0.6) is 0 Å². The molecule has 2 rings (SSSR count). The van der Waals surface area contributed by atoms with Gasteiger partial charge in [0.2, 0.25) is 0 Å². The molecule has 0 unspecified atom stereocenters. The first-order valence-electron chi connectivity index (χ1n) is 5.24. The van der Waals surface area contributed by atoms with Crippen LogP contribution in [0.3, 0.4) is 0 Å². The monoisotopic (exact) mass is 214 g/mol. The van der Waals surface area contributed by atoms with E-state index in [1.165, 1.54) is 0 Å². The normalized spacial score (nSPS) is 11.4. The van der Waals surface area contributed by atoms with Crippen molar-refractivity contribution < 1.29 is 9.21 Å². The van der Waals surface area contributed by atoms with Crippen molar-refractivity contribution in [1.82, 2.24) is 0 Å². The van der Waals surface area contributed by atoms with Gasteiger partial charge in [-0.1, -0.05) is 24.3 Å². The van der Waals surface area contributed by atoms with Crippen LogP contribution in [0, 0.1) is 0 Å². The zero-order chi connectivity index (χ0) is 11.6. The Morgan fingerprint density at radius 1 is 1.12 bits per heavy atom. The minimum Gasteiger partial charge on any atom is -0.464 e. The molecule has 1 aromatic heterocycles. The summed E-state index contributed by atoms with van der Waals surface area (Å²) in [5, 5.41) is 0. The summed E-state index contributed by atoms with van der Waals surface area (Å²) in [5.41, 5.74) is 1.61. The molecule has 82 valence electrons. The van der Waals surface area contributed by atoms with Crippen LogP contribution in [0.1, 0.15) is 19.4 Å². The number of furan rings is 1. The maximum absolute atomic E-state index is 10.9. The van der Waals surface area contributed by atoms with E-state index in [9.17, 15) is 4.79 Å². The largest absolute Gasteiger partial charge is 0.464 e. The summed E-state index contributed by atoms with van der Waals surface area (Å²) in [5.74, 6) is 0.843. The van der Waals surface area contributed by atoms with Crippen LogP contribution >= 0.6 is 0 Å². The van der Waals surface area contributed by atoms with E-state index in [1.54, 1.807) is 6.26 Å². The predicted molar refractivity (Wildman–Crippen MR) is 63.2 cm³/mol. The highest BCUT2D eigenvalue weighted by molar-refractivity contribution is 5.68. The molecule has 0 spiro atoms. The minimum absolute atomic E-state index is 0.429. The third-order valence-electron chi connectivity index (χ3n) is 2.73. The lowest BCUT2D eigenvalue weighted by atomic mass is 9.86. The Morgan fingerprint density at radius 2 is 1.81 bits per heavy atom. The van der Waals surface area contributed by atoms with Crippen LogP contribution in [0.2, 0.25) is 0 Å². The van der Waals surface area contributed by atoms with Crippen molar-refractivity contribution in [2.24, 2.45) is 0 Å². The zero-order valence-electron chi connectivity index (χ0n) is 9.44. The molecular weight excluding hydrogens is 200 g/mol. The molecule has 0 aliphatic carbocycles. The highest BCUT2D eigenvalue weighted by Crippen LogP contribution is 2.25. The van der Waals surface area contributed by atoms with Crippen LogP contribution in [0.15, 0.2) is 47.1 Å². The van der Waals surface area contributed by atoms with E-state index in [4.69, 9.17) is 4.42 Å². The first kappa shape index (κ1) is 10.7. The number of benzene rings is 1. The molecule has 0 aliphatic heterocycles. The van der Waals surface area contributed by atoms with Gasteiger partial charge < -0.3 is 9.21 Å². The van der Waals surface area contributed by atoms with Gasteiger partial charge in [0.25, 0.3) is 0 Å². The molecule has 0 radical (unpaired) electrons. The van der Waals surface area contributed by atoms with Gasteiger partial charge in [0.1, 0.15) is 12.0 Å². The molecule has 2 heteroatoms. The highest BCUT2D eigenvalue weighted by Gasteiger charge is 2.19. The second-order valence-electron chi connectivity index (χ2n) is 4.39. The summed E-state index contributed by atoms with van der Waals surface area (Å²) >= 11 is 0. The molecule has 0 bridgehead atoms. The van der Waals surface area contributed by atoms with Crippen LogP contribution in [0.4, 0.5) is 0 Å². The molecule has 2 aromatic rings.